The normalized spacial score (nSPS) is 11.7. The SMILES string of the molecule is c1ccc(-c2ncnc3c2sc2ccc(-c4cccc(-c5cccc6c5oc5ccccc56)c4)cc23)cc1. The van der Waals surface area contributed by atoms with E-state index >= 15 is 0 Å². The Hall–Kier alpha value is -4.80. The van der Waals surface area contributed by atoms with Gasteiger partial charge in [-0.1, -0.05) is 91.0 Å². The average Bonchev–Trinajstić information content (AvgIpc) is 3.56. The van der Waals surface area contributed by atoms with E-state index in [2.05, 4.69) is 89.9 Å². The van der Waals surface area contributed by atoms with Crippen molar-refractivity contribution >= 4 is 53.6 Å². The van der Waals surface area contributed by atoms with Crippen molar-refractivity contribution in [3.05, 3.63) is 122 Å². The minimum atomic E-state index is 0.915. The van der Waals surface area contributed by atoms with Crippen LogP contribution >= 0.6 is 11.3 Å². The van der Waals surface area contributed by atoms with Gasteiger partial charge >= 0.3 is 0 Å². The van der Waals surface area contributed by atoms with Gasteiger partial charge in [-0.25, -0.2) is 9.97 Å². The van der Waals surface area contributed by atoms with Crippen LogP contribution < -0.4 is 0 Å². The van der Waals surface area contributed by atoms with Gasteiger partial charge in [0.1, 0.15) is 17.5 Å². The number of thiophene rings is 1. The molecule has 8 aromatic rings. The first-order chi connectivity index (χ1) is 18.8. The molecule has 3 aromatic heterocycles. The zero-order chi connectivity index (χ0) is 25.1. The number of benzene rings is 5. The van der Waals surface area contributed by atoms with Gasteiger partial charge in [-0.05, 0) is 41.0 Å². The van der Waals surface area contributed by atoms with Gasteiger partial charge in [0.05, 0.1) is 15.9 Å². The Morgan fingerprint density at radius 1 is 0.553 bits per heavy atom. The highest BCUT2D eigenvalue weighted by Crippen LogP contribution is 2.40. The summed E-state index contributed by atoms with van der Waals surface area (Å²) < 4.78 is 8.65. The van der Waals surface area contributed by atoms with Gasteiger partial charge in [-0.3, -0.25) is 0 Å². The maximum absolute atomic E-state index is 6.31. The van der Waals surface area contributed by atoms with Gasteiger partial charge in [-0.15, -0.1) is 11.3 Å². The van der Waals surface area contributed by atoms with Crippen LogP contribution in [-0.4, -0.2) is 9.97 Å². The fourth-order valence-corrected chi connectivity index (χ4v) is 6.55. The second kappa shape index (κ2) is 8.37. The third kappa shape index (κ3) is 3.28. The molecule has 0 aliphatic rings. The Morgan fingerprint density at radius 2 is 1.32 bits per heavy atom. The second-order valence-corrected chi connectivity index (χ2v) is 10.5. The molecule has 0 N–H and O–H groups in total. The van der Waals surface area contributed by atoms with Crippen LogP contribution in [0.25, 0.3) is 75.8 Å². The van der Waals surface area contributed by atoms with Crippen molar-refractivity contribution in [1.82, 2.24) is 9.97 Å². The summed E-state index contributed by atoms with van der Waals surface area (Å²) in [7, 11) is 0. The van der Waals surface area contributed by atoms with E-state index in [4.69, 9.17) is 9.40 Å². The van der Waals surface area contributed by atoms with Gasteiger partial charge in [0.25, 0.3) is 0 Å². The summed E-state index contributed by atoms with van der Waals surface area (Å²) in [5, 5.41) is 3.45. The van der Waals surface area contributed by atoms with E-state index in [0.29, 0.717) is 0 Å². The first-order valence-electron chi connectivity index (χ1n) is 12.6. The quantitative estimate of drug-likeness (QED) is 0.240. The van der Waals surface area contributed by atoms with E-state index in [9.17, 15) is 0 Å². The van der Waals surface area contributed by atoms with Crippen molar-refractivity contribution in [3.8, 4) is 33.5 Å². The number of nitrogens with zero attached hydrogens (tertiary/aromatic N) is 2. The number of rotatable bonds is 3. The van der Waals surface area contributed by atoms with Crippen molar-refractivity contribution in [3.63, 3.8) is 0 Å². The summed E-state index contributed by atoms with van der Waals surface area (Å²) in [5.74, 6) is 0. The van der Waals surface area contributed by atoms with E-state index in [0.717, 1.165) is 71.1 Å². The third-order valence-electron chi connectivity index (χ3n) is 7.21. The fourth-order valence-electron chi connectivity index (χ4n) is 5.40. The lowest BCUT2D eigenvalue weighted by molar-refractivity contribution is 0.670. The summed E-state index contributed by atoms with van der Waals surface area (Å²) in [6, 6.07) is 40.3. The van der Waals surface area contributed by atoms with Crippen molar-refractivity contribution in [1.29, 1.82) is 0 Å². The molecular weight excluding hydrogens is 484 g/mol. The van der Waals surface area contributed by atoms with Crippen molar-refractivity contribution in [2.24, 2.45) is 0 Å². The van der Waals surface area contributed by atoms with E-state index in [-0.39, 0.29) is 0 Å². The standard InChI is InChI=1S/C34H20N2OS/c1-2-8-21(9-3-1)31-34-32(36-20-35-31)28-19-23(16-17-30(28)38-34)22-10-6-11-24(18-22)25-13-7-14-27-26-12-4-5-15-29(26)37-33(25)27/h1-20H. The largest absolute Gasteiger partial charge is 0.455 e. The van der Waals surface area contributed by atoms with E-state index in [1.54, 1.807) is 17.7 Å². The number of furan rings is 1. The summed E-state index contributed by atoms with van der Waals surface area (Å²) >= 11 is 1.75. The fraction of sp³-hybridized carbons (Fsp3) is 0. The molecule has 0 saturated heterocycles. The molecule has 0 amide bonds. The molecule has 0 bridgehead atoms. The Bertz CT molecular complexity index is 2140. The number of hydrogen-bond acceptors (Lipinski definition) is 4. The lowest BCUT2D eigenvalue weighted by Gasteiger charge is -2.07. The maximum atomic E-state index is 6.31. The Balaban J connectivity index is 1.27. The maximum Gasteiger partial charge on any atom is 0.143 e. The highest BCUT2D eigenvalue weighted by Gasteiger charge is 2.15. The second-order valence-electron chi connectivity index (χ2n) is 9.44. The van der Waals surface area contributed by atoms with Crippen LogP contribution in [0.3, 0.4) is 0 Å². The average molecular weight is 505 g/mol. The Labute approximate surface area is 222 Å². The molecule has 4 heteroatoms. The number of para-hydroxylation sites is 2. The van der Waals surface area contributed by atoms with Gasteiger partial charge in [0.2, 0.25) is 0 Å². The molecule has 0 unspecified atom stereocenters. The summed E-state index contributed by atoms with van der Waals surface area (Å²) in [6.07, 6.45) is 1.68. The van der Waals surface area contributed by atoms with Crippen LogP contribution in [0.4, 0.5) is 0 Å². The molecule has 0 aliphatic heterocycles. The molecule has 0 atom stereocenters. The third-order valence-corrected chi connectivity index (χ3v) is 8.38. The van der Waals surface area contributed by atoms with E-state index < -0.39 is 0 Å². The molecule has 178 valence electrons. The van der Waals surface area contributed by atoms with Crippen LogP contribution in [0.5, 0.6) is 0 Å². The van der Waals surface area contributed by atoms with Crippen LogP contribution in [0, 0.1) is 0 Å². The molecule has 8 rings (SSSR count). The first-order valence-corrected chi connectivity index (χ1v) is 13.4. The van der Waals surface area contributed by atoms with Crippen LogP contribution in [0.2, 0.25) is 0 Å². The summed E-state index contributed by atoms with van der Waals surface area (Å²) in [5.41, 5.74) is 9.50. The van der Waals surface area contributed by atoms with Gasteiger partial charge in [0, 0.05) is 32.0 Å². The summed E-state index contributed by atoms with van der Waals surface area (Å²) in [6.45, 7) is 0. The minimum absolute atomic E-state index is 0.915. The smallest absolute Gasteiger partial charge is 0.143 e. The predicted molar refractivity (Wildman–Crippen MR) is 159 cm³/mol. The monoisotopic (exact) mass is 504 g/mol. The molecule has 3 nitrogen and oxygen atoms in total. The highest BCUT2D eigenvalue weighted by atomic mass is 32.1. The molecular formula is C34H20N2OS. The van der Waals surface area contributed by atoms with Gasteiger partial charge in [0.15, 0.2) is 0 Å². The molecule has 0 fully saturated rings. The lowest BCUT2D eigenvalue weighted by Crippen LogP contribution is -1.85. The molecule has 0 radical (unpaired) electrons. The number of aromatic nitrogens is 2. The molecule has 5 aromatic carbocycles. The molecule has 3 heterocycles. The van der Waals surface area contributed by atoms with E-state index in [1.807, 2.05) is 30.3 Å². The topological polar surface area (TPSA) is 38.9 Å². The molecule has 38 heavy (non-hydrogen) atoms. The van der Waals surface area contributed by atoms with Crippen LogP contribution in [0.15, 0.2) is 126 Å². The first kappa shape index (κ1) is 21.3. The van der Waals surface area contributed by atoms with Crippen molar-refractivity contribution in [2.75, 3.05) is 0 Å². The molecule has 0 saturated carbocycles. The van der Waals surface area contributed by atoms with Gasteiger partial charge < -0.3 is 4.42 Å². The number of fused-ring (bicyclic) bond motifs is 6. The van der Waals surface area contributed by atoms with Gasteiger partial charge in [-0.2, -0.15) is 0 Å². The van der Waals surface area contributed by atoms with E-state index in [1.165, 1.54) is 4.70 Å². The van der Waals surface area contributed by atoms with Crippen molar-refractivity contribution in [2.45, 2.75) is 0 Å². The zero-order valence-electron chi connectivity index (χ0n) is 20.3. The molecule has 0 spiro atoms. The van der Waals surface area contributed by atoms with Crippen molar-refractivity contribution < 1.29 is 4.42 Å². The highest BCUT2D eigenvalue weighted by molar-refractivity contribution is 7.26. The number of hydrogen-bond donors (Lipinski definition) is 0. The minimum Gasteiger partial charge on any atom is -0.455 e. The Kier molecular flexibility index (Phi) is 4.69. The lowest BCUT2D eigenvalue weighted by atomic mass is 9.97. The van der Waals surface area contributed by atoms with Crippen LogP contribution in [0.1, 0.15) is 0 Å². The zero-order valence-corrected chi connectivity index (χ0v) is 21.1. The predicted octanol–water partition coefficient (Wildman–Crippen LogP) is 9.74. The molecule has 0 aliphatic carbocycles. The Morgan fingerprint density at radius 3 is 2.26 bits per heavy atom. The summed E-state index contributed by atoms with van der Waals surface area (Å²) in [4.78, 5) is 9.33. The van der Waals surface area contributed by atoms with Crippen LogP contribution in [-0.2, 0) is 0 Å².